The van der Waals surface area contributed by atoms with E-state index < -0.39 is 10.0 Å². The lowest BCUT2D eigenvalue weighted by molar-refractivity contribution is 0.208. The first-order valence-corrected chi connectivity index (χ1v) is 12.0. The highest BCUT2D eigenvalue weighted by Crippen LogP contribution is 2.27. The Morgan fingerprint density at radius 1 is 1.03 bits per heavy atom. The molecule has 0 saturated carbocycles. The summed E-state index contributed by atoms with van der Waals surface area (Å²) >= 11 is 6.14. The lowest BCUT2D eigenvalue weighted by atomic mass is 10.1. The minimum absolute atomic E-state index is 0.167. The van der Waals surface area contributed by atoms with E-state index in [1.54, 1.807) is 29.2 Å². The maximum atomic E-state index is 12.7. The highest BCUT2D eigenvalue weighted by atomic mass is 35.5. The van der Waals surface area contributed by atoms with Crippen LogP contribution in [0.15, 0.2) is 42.5 Å². The molecule has 7 nitrogen and oxygen atoms in total. The second-order valence-electron chi connectivity index (χ2n) is 7.63. The van der Waals surface area contributed by atoms with Gasteiger partial charge in [-0.05, 0) is 49.2 Å². The van der Waals surface area contributed by atoms with Crippen molar-refractivity contribution < 1.29 is 13.2 Å². The lowest BCUT2D eigenvalue weighted by Crippen LogP contribution is -2.50. The third-order valence-corrected chi connectivity index (χ3v) is 7.67. The number of nitrogens with zero attached hydrogens (tertiary/aromatic N) is 3. The highest BCUT2D eigenvalue weighted by Gasteiger charge is 2.28. The first-order chi connectivity index (χ1) is 14.3. The Morgan fingerprint density at radius 2 is 1.80 bits per heavy atom. The molecule has 2 aliphatic rings. The van der Waals surface area contributed by atoms with Crippen molar-refractivity contribution in [2.24, 2.45) is 0 Å². The highest BCUT2D eigenvalue weighted by molar-refractivity contribution is 7.93. The molecule has 9 heteroatoms. The fourth-order valence-electron chi connectivity index (χ4n) is 3.94. The van der Waals surface area contributed by atoms with Crippen LogP contribution in [0.25, 0.3) is 0 Å². The topological polar surface area (TPSA) is 73.0 Å². The molecule has 160 valence electrons. The summed E-state index contributed by atoms with van der Waals surface area (Å²) in [6.07, 6.45) is 0.620. The van der Waals surface area contributed by atoms with Gasteiger partial charge in [-0.2, -0.15) is 0 Å². The molecule has 0 aromatic heterocycles. The van der Waals surface area contributed by atoms with Crippen LogP contribution in [0.4, 0.5) is 21.9 Å². The zero-order valence-electron chi connectivity index (χ0n) is 16.8. The van der Waals surface area contributed by atoms with E-state index in [0.717, 1.165) is 24.3 Å². The van der Waals surface area contributed by atoms with Gasteiger partial charge in [0.05, 0.1) is 11.4 Å². The third-order valence-electron chi connectivity index (χ3n) is 5.56. The third kappa shape index (κ3) is 4.34. The number of nitrogens with one attached hydrogen (secondary N) is 1. The molecule has 2 heterocycles. The number of anilines is 3. The molecule has 1 N–H and O–H groups in total. The van der Waals surface area contributed by atoms with Crippen LogP contribution in [0.3, 0.4) is 0 Å². The second kappa shape index (κ2) is 8.35. The summed E-state index contributed by atoms with van der Waals surface area (Å²) in [5.74, 6) is 0.167. The number of sulfonamides is 1. The van der Waals surface area contributed by atoms with Gasteiger partial charge in [-0.25, -0.2) is 13.2 Å². The molecule has 4 rings (SSSR count). The zero-order valence-corrected chi connectivity index (χ0v) is 18.4. The minimum Gasteiger partial charge on any atom is -0.368 e. The number of amides is 2. The molecule has 2 aliphatic heterocycles. The van der Waals surface area contributed by atoms with Crippen LogP contribution in [-0.2, 0) is 10.0 Å². The van der Waals surface area contributed by atoms with E-state index in [1.807, 2.05) is 18.2 Å². The van der Waals surface area contributed by atoms with E-state index in [9.17, 15) is 13.2 Å². The van der Waals surface area contributed by atoms with E-state index in [2.05, 4.69) is 17.1 Å². The first kappa shape index (κ1) is 20.8. The van der Waals surface area contributed by atoms with Gasteiger partial charge in [0.1, 0.15) is 0 Å². The molecule has 2 fully saturated rings. The molecule has 0 aliphatic carbocycles. The Kier molecular flexibility index (Phi) is 5.79. The molecule has 2 saturated heterocycles. The standard InChI is InChI=1S/C21H25ClN4O3S/c1-16-6-7-17(22)14-20(16)24-9-11-25(12-10-24)21(27)23-18-4-2-5-19(15-18)26-8-3-13-30(26,28)29/h2,4-7,14-15H,3,8-13H2,1H3,(H,23,27). The first-order valence-electron chi connectivity index (χ1n) is 10.0. The van der Waals surface area contributed by atoms with Crippen LogP contribution in [0.2, 0.25) is 5.02 Å². The number of hydrogen-bond donors (Lipinski definition) is 1. The second-order valence-corrected chi connectivity index (χ2v) is 10.1. The fourth-order valence-corrected chi connectivity index (χ4v) is 5.67. The van der Waals surface area contributed by atoms with Gasteiger partial charge in [0, 0.05) is 49.1 Å². The number of hydrogen-bond acceptors (Lipinski definition) is 4. The van der Waals surface area contributed by atoms with Gasteiger partial charge < -0.3 is 15.1 Å². The average Bonchev–Trinajstić information content (AvgIpc) is 3.09. The van der Waals surface area contributed by atoms with E-state index in [1.165, 1.54) is 4.31 Å². The smallest absolute Gasteiger partial charge is 0.321 e. The molecular formula is C21H25ClN4O3S. The van der Waals surface area contributed by atoms with E-state index in [-0.39, 0.29) is 11.8 Å². The summed E-state index contributed by atoms with van der Waals surface area (Å²) in [5.41, 5.74) is 3.44. The lowest BCUT2D eigenvalue weighted by Gasteiger charge is -2.36. The zero-order chi connectivity index (χ0) is 21.3. The number of urea groups is 1. The van der Waals surface area contributed by atoms with Gasteiger partial charge >= 0.3 is 6.03 Å². The number of carbonyl (C=O) groups excluding carboxylic acids is 1. The van der Waals surface area contributed by atoms with Gasteiger partial charge in [0.25, 0.3) is 0 Å². The molecule has 2 aromatic rings. The van der Waals surface area contributed by atoms with Crippen molar-refractivity contribution in [3.8, 4) is 0 Å². The monoisotopic (exact) mass is 448 g/mol. The van der Waals surface area contributed by atoms with Gasteiger partial charge in [-0.3, -0.25) is 4.31 Å². The molecule has 0 spiro atoms. The maximum absolute atomic E-state index is 12.7. The Hall–Kier alpha value is -2.45. The Morgan fingerprint density at radius 3 is 2.50 bits per heavy atom. The van der Waals surface area contributed by atoms with Crippen molar-refractivity contribution >= 4 is 44.7 Å². The van der Waals surface area contributed by atoms with Gasteiger partial charge in [0.15, 0.2) is 0 Å². The summed E-state index contributed by atoms with van der Waals surface area (Å²) in [5, 5.41) is 3.61. The molecule has 0 radical (unpaired) electrons. The molecule has 2 amide bonds. The molecule has 0 atom stereocenters. The Labute approximate surface area is 182 Å². The van der Waals surface area contributed by atoms with Crippen LogP contribution in [-0.4, -0.2) is 57.8 Å². The van der Waals surface area contributed by atoms with Crippen LogP contribution in [0, 0.1) is 6.92 Å². The summed E-state index contributed by atoms with van der Waals surface area (Å²) in [6.45, 7) is 5.17. The van der Waals surface area contributed by atoms with Gasteiger partial charge in [-0.1, -0.05) is 23.7 Å². The summed E-state index contributed by atoms with van der Waals surface area (Å²) in [6, 6.07) is 12.7. The van der Waals surface area contributed by atoms with E-state index >= 15 is 0 Å². The number of carbonyl (C=O) groups is 1. The van der Waals surface area contributed by atoms with Gasteiger partial charge in [0.2, 0.25) is 10.0 Å². The predicted molar refractivity (Wildman–Crippen MR) is 121 cm³/mol. The van der Waals surface area contributed by atoms with E-state index in [4.69, 9.17) is 11.6 Å². The molecule has 0 unspecified atom stereocenters. The van der Waals surface area contributed by atoms with Crippen molar-refractivity contribution in [3.05, 3.63) is 53.1 Å². The largest absolute Gasteiger partial charge is 0.368 e. The number of rotatable bonds is 3. The van der Waals surface area contributed by atoms with Crippen molar-refractivity contribution in [1.29, 1.82) is 0 Å². The van der Waals surface area contributed by atoms with Crippen molar-refractivity contribution in [1.82, 2.24) is 4.90 Å². The number of aryl methyl sites for hydroxylation is 1. The molecule has 0 bridgehead atoms. The van der Waals surface area contributed by atoms with E-state index in [0.29, 0.717) is 42.5 Å². The minimum atomic E-state index is -3.25. The number of piperazine rings is 1. The number of benzene rings is 2. The Bertz CT molecular complexity index is 1050. The summed E-state index contributed by atoms with van der Waals surface area (Å²) in [7, 11) is -3.25. The van der Waals surface area contributed by atoms with Crippen LogP contribution in [0.1, 0.15) is 12.0 Å². The van der Waals surface area contributed by atoms with Crippen LogP contribution in [0.5, 0.6) is 0 Å². The fraction of sp³-hybridized carbons (Fsp3) is 0.381. The van der Waals surface area contributed by atoms with Crippen LogP contribution < -0.4 is 14.5 Å². The average molecular weight is 449 g/mol. The van der Waals surface area contributed by atoms with Gasteiger partial charge in [-0.15, -0.1) is 0 Å². The normalized spacial score (nSPS) is 18.5. The molecule has 30 heavy (non-hydrogen) atoms. The Balaban J connectivity index is 1.39. The van der Waals surface area contributed by atoms with Crippen molar-refractivity contribution in [2.45, 2.75) is 13.3 Å². The van der Waals surface area contributed by atoms with Crippen molar-refractivity contribution in [3.63, 3.8) is 0 Å². The van der Waals surface area contributed by atoms with Crippen molar-refractivity contribution in [2.75, 3.05) is 53.0 Å². The maximum Gasteiger partial charge on any atom is 0.321 e. The van der Waals surface area contributed by atoms with Crippen LogP contribution >= 0.6 is 11.6 Å². The summed E-state index contributed by atoms with van der Waals surface area (Å²) in [4.78, 5) is 16.7. The molecule has 2 aromatic carbocycles. The number of halogens is 1. The SMILES string of the molecule is Cc1ccc(Cl)cc1N1CCN(C(=O)Nc2cccc(N3CCCS3(=O)=O)c2)CC1. The molecular weight excluding hydrogens is 424 g/mol. The quantitative estimate of drug-likeness (QED) is 0.779. The predicted octanol–water partition coefficient (Wildman–Crippen LogP) is 3.54. The summed E-state index contributed by atoms with van der Waals surface area (Å²) < 4.78 is 25.7.